The summed E-state index contributed by atoms with van der Waals surface area (Å²) < 4.78 is 1.99. The van der Waals surface area contributed by atoms with Crippen LogP contribution in [0.4, 0.5) is 5.82 Å². The lowest BCUT2D eigenvalue weighted by Gasteiger charge is -2.12. The molecule has 2 N–H and O–H groups in total. The summed E-state index contributed by atoms with van der Waals surface area (Å²) in [6.07, 6.45) is 5.58. The first-order valence-corrected chi connectivity index (χ1v) is 7.12. The molecule has 1 aliphatic heterocycles. The zero-order valence-corrected chi connectivity index (χ0v) is 12.1. The molecule has 0 amide bonds. The quantitative estimate of drug-likeness (QED) is 0.877. The molecule has 0 spiro atoms. The molecule has 1 aromatic rings. The van der Waals surface area contributed by atoms with Crippen molar-refractivity contribution in [3.8, 4) is 0 Å². The number of aromatic nitrogens is 1. The largest absolute Gasteiger partial charge is 0.369 e. The molecule has 0 aromatic carbocycles. The van der Waals surface area contributed by atoms with Crippen LogP contribution >= 0.6 is 31.9 Å². The molecule has 3 nitrogen and oxygen atoms in total. The van der Waals surface area contributed by atoms with E-state index >= 15 is 0 Å². The van der Waals surface area contributed by atoms with E-state index in [-0.39, 0.29) is 0 Å². The number of nitrogens with one attached hydrogen (secondary N) is 2. The smallest absolute Gasteiger partial charge is 0.140 e. The summed E-state index contributed by atoms with van der Waals surface area (Å²) in [5.41, 5.74) is 0. The van der Waals surface area contributed by atoms with Crippen molar-refractivity contribution in [2.75, 3.05) is 18.4 Å². The number of pyridine rings is 1. The van der Waals surface area contributed by atoms with E-state index in [9.17, 15) is 0 Å². The molecule has 2 heterocycles. The van der Waals surface area contributed by atoms with Gasteiger partial charge < -0.3 is 10.6 Å². The van der Waals surface area contributed by atoms with Gasteiger partial charge in [0.2, 0.25) is 0 Å². The Kier molecular flexibility index (Phi) is 4.61. The monoisotopic (exact) mass is 347 g/mol. The first-order valence-electron chi connectivity index (χ1n) is 5.54. The SMILES string of the molecule is Brc1cnc(NCCC2CCCN2)c(Br)c1. The van der Waals surface area contributed by atoms with Crippen molar-refractivity contribution in [1.29, 1.82) is 0 Å². The molecule has 1 aromatic heterocycles. The van der Waals surface area contributed by atoms with Gasteiger partial charge in [-0.25, -0.2) is 4.98 Å². The van der Waals surface area contributed by atoms with Crippen LogP contribution in [0.5, 0.6) is 0 Å². The average molecular weight is 349 g/mol. The molecular weight excluding hydrogens is 334 g/mol. The van der Waals surface area contributed by atoms with Crippen molar-refractivity contribution in [2.24, 2.45) is 0 Å². The number of halogens is 2. The second kappa shape index (κ2) is 5.98. The lowest BCUT2D eigenvalue weighted by molar-refractivity contribution is 0.574. The third-order valence-electron chi connectivity index (χ3n) is 2.76. The summed E-state index contributed by atoms with van der Waals surface area (Å²) in [6.45, 7) is 2.13. The van der Waals surface area contributed by atoms with Crippen LogP contribution in [0.3, 0.4) is 0 Å². The van der Waals surface area contributed by atoms with Gasteiger partial charge in [0.25, 0.3) is 0 Å². The Morgan fingerprint density at radius 2 is 2.38 bits per heavy atom. The van der Waals surface area contributed by atoms with E-state index in [1.807, 2.05) is 6.07 Å². The summed E-state index contributed by atoms with van der Waals surface area (Å²) in [7, 11) is 0. The van der Waals surface area contributed by atoms with E-state index in [4.69, 9.17) is 0 Å². The van der Waals surface area contributed by atoms with Crippen LogP contribution in [0.25, 0.3) is 0 Å². The zero-order valence-electron chi connectivity index (χ0n) is 8.97. The second-order valence-electron chi connectivity index (χ2n) is 3.99. The van der Waals surface area contributed by atoms with Crippen molar-refractivity contribution in [2.45, 2.75) is 25.3 Å². The van der Waals surface area contributed by atoms with Crippen LogP contribution in [0.1, 0.15) is 19.3 Å². The van der Waals surface area contributed by atoms with Gasteiger partial charge in [-0.3, -0.25) is 0 Å². The maximum atomic E-state index is 4.32. The first-order chi connectivity index (χ1) is 7.75. The fraction of sp³-hybridized carbons (Fsp3) is 0.545. The minimum absolute atomic E-state index is 0.682. The number of hydrogen-bond donors (Lipinski definition) is 2. The van der Waals surface area contributed by atoms with E-state index in [1.54, 1.807) is 6.20 Å². The molecule has 1 atom stereocenters. The van der Waals surface area contributed by atoms with Gasteiger partial charge in [-0.1, -0.05) is 0 Å². The van der Waals surface area contributed by atoms with E-state index in [0.717, 1.165) is 27.7 Å². The Labute approximate surface area is 113 Å². The lowest BCUT2D eigenvalue weighted by atomic mass is 10.1. The fourth-order valence-corrected chi connectivity index (χ4v) is 3.04. The van der Waals surface area contributed by atoms with Gasteiger partial charge in [-0.2, -0.15) is 0 Å². The molecule has 1 fully saturated rings. The molecule has 16 heavy (non-hydrogen) atoms. The minimum Gasteiger partial charge on any atom is -0.369 e. The Morgan fingerprint density at radius 3 is 3.06 bits per heavy atom. The van der Waals surface area contributed by atoms with E-state index in [1.165, 1.54) is 19.4 Å². The van der Waals surface area contributed by atoms with Gasteiger partial charge in [0.15, 0.2) is 0 Å². The number of hydrogen-bond acceptors (Lipinski definition) is 3. The van der Waals surface area contributed by atoms with E-state index in [0.29, 0.717) is 6.04 Å². The predicted molar refractivity (Wildman–Crippen MR) is 73.8 cm³/mol. The minimum atomic E-state index is 0.682. The maximum Gasteiger partial charge on any atom is 0.140 e. The molecule has 1 saturated heterocycles. The Hall–Kier alpha value is -0.130. The van der Waals surface area contributed by atoms with Gasteiger partial charge in [0.1, 0.15) is 5.82 Å². The zero-order chi connectivity index (χ0) is 11.4. The Bertz CT molecular complexity index is 351. The van der Waals surface area contributed by atoms with Crippen LogP contribution in [0.15, 0.2) is 21.2 Å². The molecule has 1 unspecified atom stereocenters. The summed E-state index contributed by atoms with van der Waals surface area (Å²) in [4.78, 5) is 4.32. The Balaban J connectivity index is 1.80. The summed E-state index contributed by atoms with van der Waals surface area (Å²) >= 11 is 6.88. The molecule has 0 radical (unpaired) electrons. The second-order valence-corrected chi connectivity index (χ2v) is 5.76. The highest BCUT2D eigenvalue weighted by molar-refractivity contribution is 9.11. The normalized spacial score (nSPS) is 20.0. The number of rotatable bonds is 4. The van der Waals surface area contributed by atoms with Crippen molar-refractivity contribution < 1.29 is 0 Å². The molecule has 0 aliphatic carbocycles. The van der Waals surface area contributed by atoms with Crippen LogP contribution in [-0.4, -0.2) is 24.1 Å². The molecule has 5 heteroatoms. The summed E-state index contributed by atoms with van der Waals surface area (Å²) in [5, 5.41) is 6.84. The van der Waals surface area contributed by atoms with E-state index in [2.05, 4.69) is 47.5 Å². The van der Waals surface area contributed by atoms with Gasteiger partial charge in [0.05, 0.1) is 4.47 Å². The fourth-order valence-electron chi connectivity index (χ4n) is 1.91. The number of anilines is 1. The average Bonchev–Trinajstić information content (AvgIpc) is 2.74. The molecule has 88 valence electrons. The highest BCUT2D eigenvalue weighted by atomic mass is 79.9. The van der Waals surface area contributed by atoms with E-state index < -0.39 is 0 Å². The van der Waals surface area contributed by atoms with Gasteiger partial charge >= 0.3 is 0 Å². The third-order valence-corrected chi connectivity index (χ3v) is 3.79. The van der Waals surface area contributed by atoms with Crippen LogP contribution in [0, 0.1) is 0 Å². The van der Waals surface area contributed by atoms with Gasteiger partial charge in [-0.15, -0.1) is 0 Å². The first kappa shape index (κ1) is 12.3. The number of nitrogens with zero attached hydrogens (tertiary/aromatic N) is 1. The molecular formula is C11H15Br2N3. The highest BCUT2D eigenvalue weighted by Gasteiger charge is 2.13. The predicted octanol–water partition coefficient (Wildman–Crippen LogP) is 3.16. The van der Waals surface area contributed by atoms with Crippen molar-refractivity contribution in [1.82, 2.24) is 10.3 Å². The summed E-state index contributed by atoms with van der Waals surface area (Å²) in [6, 6.07) is 2.69. The van der Waals surface area contributed by atoms with Crippen molar-refractivity contribution in [3.05, 3.63) is 21.2 Å². The third kappa shape index (κ3) is 3.43. The lowest BCUT2D eigenvalue weighted by Crippen LogP contribution is -2.24. The van der Waals surface area contributed by atoms with Crippen LogP contribution < -0.4 is 10.6 Å². The van der Waals surface area contributed by atoms with Crippen molar-refractivity contribution in [3.63, 3.8) is 0 Å². The van der Waals surface area contributed by atoms with Crippen molar-refractivity contribution >= 4 is 37.7 Å². The molecule has 0 saturated carbocycles. The van der Waals surface area contributed by atoms with Crippen LogP contribution in [0.2, 0.25) is 0 Å². The standard InChI is InChI=1S/C11H15Br2N3/c12-8-6-10(13)11(16-7-8)15-5-3-9-2-1-4-14-9/h6-7,9,14H,1-5H2,(H,15,16). The Morgan fingerprint density at radius 1 is 1.50 bits per heavy atom. The van der Waals surface area contributed by atoms with Gasteiger partial charge in [0, 0.05) is 23.3 Å². The maximum absolute atomic E-state index is 4.32. The van der Waals surface area contributed by atoms with Crippen LogP contribution in [-0.2, 0) is 0 Å². The molecule has 1 aliphatic rings. The topological polar surface area (TPSA) is 37.0 Å². The molecule has 0 bridgehead atoms. The highest BCUT2D eigenvalue weighted by Crippen LogP contribution is 2.23. The summed E-state index contributed by atoms with van der Waals surface area (Å²) in [5.74, 6) is 0.918. The molecule has 2 rings (SSSR count). The van der Waals surface area contributed by atoms with Gasteiger partial charge in [-0.05, 0) is 63.7 Å².